The van der Waals surface area contributed by atoms with Gasteiger partial charge in [0.05, 0.1) is 11.0 Å². The number of rotatable bonds is 4. The lowest BCUT2D eigenvalue weighted by Gasteiger charge is -2.13. The van der Waals surface area contributed by atoms with Crippen LogP contribution in [-0.2, 0) is 6.42 Å². The predicted octanol–water partition coefficient (Wildman–Crippen LogP) is 7.88. The summed E-state index contributed by atoms with van der Waals surface area (Å²) >= 11 is 0. The molecule has 7 rings (SSSR count). The van der Waals surface area contributed by atoms with E-state index in [1.165, 1.54) is 11.1 Å². The number of fused-ring (bicyclic) bond motifs is 4. The third-order valence-electron chi connectivity index (χ3n) is 7.25. The molecule has 172 valence electrons. The second-order valence-electron chi connectivity index (χ2n) is 9.48. The average molecular weight is 465 g/mol. The van der Waals surface area contributed by atoms with Crippen molar-refractivity contribution in [3.05, 3.63) is 119 Å². The molecule has 0 bridgehead atoms. The Kier molecular flexibility index (Phi) is 4.65. The molecular formula is C33H24N2O. The molecule has 5 aromatic carbocycles. The number of nitrogens with zero attached hydrogens (tertiary/aromatic N) is 2. The molecule has 0 aliphatic heterocycles. The molecule has 0 fully saturated rings. The van der Waals surface area contributed by atoms with E-state index in [-0.39, 0.29) is 5.56 Å². The van der Waals surface area contributed by atoms with Crippen LogP contribution < -0.4 is 5.56 Å². The number of benzene rings is 5. The smallest absolute Gasteiger partial charge is 0.264 e. The molecule has 2 heterocycles. The van der Waals surface area contributed by atoms with Gasteiger partial charge < -0.3 is 0 Å². The fourth-order valence-corrected chi connectivity index (χ4v) is 5.60. The Labute approximate surface area is 208 Å². The lowest BCUT2D eigenvalue weighted by molar-refractivity contribution is 0.922. The number of aryl methyl sites for hydroxylation is 1. The van der Waals surface area contributed by atoms with E-state index in [0.29, 0.717) is 0 Å². The minimum atomic E-state index is -0.0207. The van der Waals surface area contributed by atoms with Crippen LogP contribution in [0.1, 0.15) is 18.9 Å². The first-order valence-corrected chi connectivity index (χ1v) is 12.5. The van der Waals surface area contributed by atoms with Crippen LogP contribution in [0.2, 0.25) is 0 Å². The first-order chi connectivity index (χ1) is 17.7. The highest BCUT2D eigenvalue weighted by Crippen LogP contribution is 2.36. The van der Waals surface area contributed by atoms with E-state index in [0.717, 1.165) is 67.8 Å². The molecular weight excluding hydrogens is 440 g/mol. The van der Waals surface area contributed by atoms with Gasteiger partial charge in [0.25, 0.3) is 5.56 Å². The van der Waals surface area contributed by atoms with Gasteiger partial charge in [-0.15, -0.1) is 0 Å². The summed E-state index contributed by atoms with van der Waals surface area (Å²) in [4.78, 5) is 18.9. The van der Waals surface area contributed by atoms with Crippen molar-refractivity contribution in [3.8, 4) is 22.3 Å². The van der Waals surface area contributed by atoms with Gasteiger partial charge >= 0.3 is 0 Å². The lowest BCUT2D eigenvalue weighted by Crippen LogP contribution is -2.13. The molecule has 0 amide bonds. The van der Waals surface area contributed by atoms with Crippen molar-refractivity contribution >= 4 is 38.2 Å². The van der Waals surface area contributed by atoms with Crippen molar-refractivity contribution in [1.82, 2.24) is 9.38 Å². The molecule has 0 saturated heterocycles. The third kappa shape index (κ3) is 3.06. The van der Waals surface area contributed by atoms with E-state index in [1.807, 2.05) is 36.4 Å². The summed E-state index contributed by atoms with van der Waals surface area (Å²) < 4.78 is 1.79. The molecule has 0 atom stereocenters. The highest BCUT2D eigenvalue weighted by atomic mass is 16.1. The molecule has 36 heavy (non-hydrogen) atoms. The highest BCUT2D eigenvalue weighted by molar-refractivity contribution is 6.19. The summed E-state index contributed by atoms with van der Waals surface area (Å²) in [6.07, 6.45) is 2.17. The Morgan fingerprint density at radius 2 is 1.50 bits per heavy atom. The molecule has 0 spiro atoms. The number of pyridine rings is 1. The van der Waals surface area contributed by atoms with E-state index in [4.69, 9.17) is 4.98 Å². The second-order valence-corrected chi connectivity index (χ2v) is 9.48. The molecule has 3 nitrogen and oxygen atoms in total. The maximum absolute atomic E-state index is 13.9. The Morgan fingerprint density at radius 1 is 0.694 bits per heavy atom. The maximum atomic E-state index is 13.9. The minimum Gasteiger partial charge on any atom is -0.268 e. The molecule has 0 saturated carbocycles. The van der Waals surface area contributed by atoms with Gasteiger partial charge in [-0.05, 0) is 63.9 Å². The van der Waals surface area contributed by atoms with E-state index in [1.54, 1.807) is 4.40 Å². The molecule has 0 aliphatic carbocycles. The van der Waals surface area contributed by atoms with E-state index < -0.39 is 0 Å². The zero-order valence-electron chi connectivity index (χ0n) is 20.0. The molecule has 0 unspecified atom stereocenters. The van der Waals surface area contributed by atoms with Crippen LogP contribution in [0.5, 0.6) is 0 Å². The molecule has 2 aromatic heterocycles. The second kappa shape index (κ2) is 8.03. The standard InChI is InChI=1S/C33H24N2O/c1-2-8-21-9-6-12-24(19-21)25-16-17-27-31-26(25)13-7-14-28(31)33(36)35-30-20-23(22-10-4-3-5-11-22)15-18-29(30)34-32(27)35/h3-7,9-20H,2,8H2,1H3. The van der Waals surface area contributed by atoms with Gasteiger partial charge in [0.15, 0.2) is 0 Å². The third-order valence-corrected chi connectivity index (χ3v) is 7.25. The van der Waals surface area contributed by atoms with Crippen molar-refractivity contribution in [2.75, 3.05) is 0 Å². The normalized spacial score (nSPS) is 11.8. The van der Waals surface area contributed by atoms with Crippen LogP contribution in [0.4, 0.5) is 0 Å². The quantitative estimate of drug-likeness (QED) is 0.265. The van der Waals surface area contributed by atoms with Crippen LogP contribution in [0.3, 0.4) is 0 Å². The Hall–Kier alpha value is -4.50. The van der Waals surface area contributed by atoms with E-state index in [9.17, 15) is 4.79 Å². The molecule has 3 heteroatoms. The van der Waals surface area contributed by atoms with E-state index in [2.05, 4.69) is 73.7 Å². The van der Waals surface area contributed by atoms with Gasteiger partial charge in [0.1, 0.15) is 5.65 Å². The SMILES string of the molecule is CCCc1cccc(-c2ccc3c4c2cccc4c(=O)n2c4cc(-c5ccccc5)ccc4nc32)c1. The van der Waals surface area contributed by atoms with Gasteiger partial charge in [-0.1, -0.05) is 92.2 Å². The van der Waals surface area contributed by atoms with Crippen LogP contribution in [0, 0.1) is 0 Å². The van der Waals surface area contributed by atoms with Gasteiger partial charge in [-0.3, -0.25) is 9.20 Å². The molecule has 0 N–H and O–H groups in total. The number of hydrogen-bond donors (Lipinski definition) is 0. The minimum absolute atomic E-state index is 0.0207. The first-order valence-electron chi connectivity index (χ1n) is 12.5. The molecule has 0 radical (unpaired) electrons. The monoisotopic (exact) mass is 464 g/mol. The predicted molar refractivity (Wildman–Crippen MR) is 150 cm³/mol. The van der Waals surface area contributed by atoms with Crippen molar-refractivity contribution in [2.45, 2.75) is 19.8 Å². The van der Waals surface area contributed by atoms with Crippen molar-refractivity contribution < 1.29 is 0 Å². The fraction of sp³-hybridized carbons (Fsp3) is 0.0909. The summed E-state index contributed by atoms with van der Waals surface area (Å²) in [6, 6.07) is 35.6. The Bertz CT molecular complexity index is 1970. The lowest BCUT2D eigenvalue weighted by atomic mass is 9.93. The summed E-state index contributed by atoms with van der Waals surface area (Å²) in [5.41, 5.74) is 8.23. The highest BCUT2D eigenvalue weighted by Gasteiger charge is 2.18. The van der Waals surface area contributed by atoms with Crippen molar-refractivity contribution in [1.29, 1.82) is 0 Å². The number of aromatic nitrogens is 2. The van der Waals surface area contributed by atoms with Gasteiger partial charge in [-0.2, -0.15) is 0 Å². The number of imidazole rings is 1. The summed E-state index contributed by atoms with van der Waals surface area (Å²) in [6.45, 7) is 2.20. The van der Waals surface area contributed by atoms with Crippen LogP contribution in [0.25, 0.3) is 60.5 Å². The van der Waals surface area contributed by atoms with Gasteiger partial charge in [0.2, 0.25) is 0 Å². The Morgan fingerprint density at radius 3 is 2.36 bits per heavy atom. The topological polar surface area (TPSA) is 34.4 Å². The summed E-state index contributed by atoms with van der Waals surface area (Å²) in [5, 5.41) is 3.82. The van der Waals surface area contributed by atoms with Gasteiger partial charge in [-0.25, -0.2) is 4.98 Å². The van der Waals surface area contributed by atoms with Gasteiger partial charge in [0, 0.05) is 16.2 Å². The summed E-state index contributed by atoms with van der Waals surface area (Å²) in [5.74, 6) is 0. The average Bonchev–Trinajstić information content (AvgIpc) is 3.31. The zero-order valence-corrected chi connectivity index (χ0v) is 20.0. The first kappa shape index (κ1) is 20.8. The molecule has 7 aromatic rings. The van der Waals surface area contributed by atoms with Crippen molar-refractivity contribution in [3.63, 3.8) is 0 Å². The fourth-order valence-electron chi connectivity index (χ4n) is 5.60. The Balaban J connectivity index is 1.54. The summed E-state index contributed by atoms with van der Waals surface area (Å²) in [7, 11) is 0. The zero-order chi connectivity index (χ0) is 24.2. The number of hydrogen-bond acceptors (Lipinski definition) is 2. The van der Waals surface area contributed by atoms with Crippen molar-refractivity contribution in [2.24, 2.45) is 0 Å². The largest absolute Gasteiger partial charge is 0.268 e. The maximum Gasteiger partial charge on any atom is 0.264 e. The van der Waals surface area contributed by atoms with E-state index >= 15 is 0 Å². The van der Waals surface area contributed by atoms with Crippen LogP contribution >= 0.6 is 0 Å². The van der Waals surface area contributed by atoms with Crippen LogP contribution in [-0.4, -0.2) is 9.38 Å². The van der Waals surface area contributed by atoms with Crippen LogP contribution in [0.15, 0.2) is 108 Å². The molecule has 0 aliphatic rings.